The van der Waals surface area contributed by atoms with Crippen molar-refractivity contribution in [1.29, 1.82) is 0 Å². The number of benzene rings is 1. The van der Waals surface area contributed by atoms with Gasteiger partial charge in [0.05, 0.1) is 19.9 Å². The Balaban J connectivity index is 1.79. The van der Waals surface area contributed by atoms with Gasteiger partial charge in [-0.15, -0.1) is 11.3 Å². The Morgan fingerprint density at radius 1 is 1.18 bits per heavy atom. The first-order valence-corrected chi connectivity index (χ1v) is 9.51. The molecule has 0 unspecified atom stereocenters. The average Bonchev–Trinajstić information content (AvgIpc) is 3.17. The van der Waals surface area contributed by atoms with Gasteiger partial charge in [-0.25, -0.2) is 9.67 Å². The first-order chi connectivity index (χ1) is 13.5. The molecule has 1 amide bonds. The minimum Gasteiger partial charge on any atom is -0.493 e. The number of hydrogen-bond acceptors (Lipinski definition) is 7. The van der Waals surface area contributed by atoms with Gasteiger partial charge >= 0.3 is 0 Å². The smallest absolute Gasteiger partial charge is 0.277 e. The quantitative estimate of drug-likeness (QED) is 0.655. The van der Waals surface area contributed by atoms with E-state index >= 15 is 0 Å². The molecule has 0 aliphatic carbocycles. The van der Waals surface area contributed by atoms with E-state index in [-0.39, 0.29) is 11.3 Å². The summed E-state index contributed by atoms with van der Waals surface area (Å²) < 4.78 is 11.8. The van der Waals surface area contributed by atoms with Crippen molar-refractivity contribution in [3.05, 3.63) is 51.8 Å². The molecule has 146 valence electrons. The summed E-state index contributed by atoms with van der Waals surface area (Å²) in [5, 5.41) is 9.10. The molecule has 0 aliphatic heterocycles. The van der Waals surface area contributed by atoms with Crippen molar-refractivity contribution in [1.82, 2.24) is 14.8 Å². The number of rotatable bonds is 7. The summed E-state index contributed by atoms with van der Waals surface area (Å²) in [5.74, 6) is 0.808. The standard InChI is InChI=1S/C19H20N4O4S/c1-4-9-23-17(24)8-6-13(22-23)18(25)21-19-20-14(11-28-19)12-5-7-15(26-2)16(10-12)27-3/h5-8,10-11H,4,9H2,1-3H3,(H,20,21,25). The van der Waals surface area contributed by atoms with Crippen LogP contribution < -0.4 is 20.3 Å². The van der Waals surface area contributed by atoms with Crippen LogP contribution in [-0.4, -0.2) is 34.9 Å². The number of ether oxygens (including phenoxy) is 2. The van der Waals surface area contributed by atoms with E-state index in [1.807, 2.05) is 24.4 Å². The maximum atomic E-state index is 12.5. The predicted molar refractivity (Wildman–Crippen MR) is 107 cm³/mol. The topological polar surface area (TPSA) is 95.3 Å². The van der Waals surface area contributed by atoms with E-state index in [1.54, 1.807) is 20.3 Å². The number of hydrogen-bond donors (Lipinski definition) is 1. The van der Waals surface area contributed by atoms with Crippen LogP contribution in [0.5, 0.6) is 11.5 Å². The van der Waals surface area contributed by atoms with E-state index < -0.39 is 5.91 Å². The van der Waals surface area contributed by atoms with Crippen LogP contribution in [0.15, 0.2) is 40.5 Å². The van der Waals surface area contributed by atoms with Crippen LogP contribution in [0.2, 0.25) is 0 Å². The van der Waals surface area contributed by atoms with Gasteiger partial charge in [-0.3, -0.25) is 14.9 Å². The molecule has 3 rings (SSSR count). The molecule has 0 bridgehead atoms. The van der Waals surface area contributed by atoms with E-state index in [4.69, 9.17) is 9.47 Å². The number of aryl methyl sites for hydroxylation is 1. The number of carbonyl (C=O) groups is 1. The van der Waals surface area contributed by atoms with Crippen LogP contribution in [0.3, 0.4) is 0 Å². The van der Waals surface area contributed by atoms with Gasteiger partial charge in [-0.2, -0.15) is 5.10 Å². The van der Waals surface area contributed by atoms with Gasteiger partial charge in [0, 0.05) is 23.6 Å². The fourth-order valence-corrected chi connectivity index (χ4v) is 3.28. The highest BCUT2D eigenvalue weighted by Gasteiger charge is 2.14. The SMILES string of the molecule is CCCn1nc(C(=O)Nc2nc(-c3ccc(OC)c(OC)c3)cs2)ccc1=O. The Morgan fingerprint density at radius 2 is 1.96 bits per heavy atom. The maximum absolute atomic E-state index is 12.5. The minimum absolute atomic E-state index is 0.163. The molecule has 1 aromatic carbocycles. The number of methoxy groups -OCH3 is 2. The summed E-state index contributed by atoms with van der Waals surface area (Å²) in [6, 6.07) is 8.24. The molecule has 0 spiro atoms. The lowest BCUT2D eigenvalue weighted by Crippen LogP contribution is -2.26. The van der Waals surface area contributed by atoms with Crippen molar-refractivity contribution >= 4 is 22.4 Å². The van der Waals surface area contributed by atoms with Gasteiger partial charge in [0.25, 0.3) is 11.5 Å². The normalized spacial score (nSPS) is 10.5. The first-order valence-electron chi connectivity index (χ1n) is 8.63. The van der Waals surface area contributed by atoms with Gasteiger partial charge in [-0.1, -0.05) is 6.92 Å². The van der Waals surface area contributed by atoms with Crippen molar-refractivity contribution in [2.75, 3.05) is 19.5 Å². The van der Waals surface area contributed by atoms with Crippen LogP contribution in [0.4, 0.5) is 5.13 Å². The van der Waals surface area contributed by atoms with E-state index in [0.29, 0.717) is 28.9 Å². The number of amides is 1. The summed E-state index contributed by atoms with van der Waals surface area (Å²) in [5.41, 5.74) is 1.47. The maximum Gasteiger partial charge on any atom is 0.277 e. The second kappa shape index (κ2) is 8.66. The van der Waals surface area contributed by atoms with Gasteiger partial charge < -0.3 is 9.47 Å². The number of carbonyl (C=O) groups excluding carboxylic acids is 1. The Labute approximate surface area is 165 Å². The highest BCUT2D eigenvalue weighted by molar-refractivity contribution is 7.14. The van der Waals surface area contributed by atoms with Crippen LogP contribution in [0.1, 0.15) is 23.8 Å². The fourth-order valence-electron chi connectivity index (χ4n) is 2.56. The molecule has 2 heterocycles. The van der Waals surface area contributed by atoms with Crippen molar-refractivity contribution in [2.45, 2.75) is 19.9 Å². The monoisotopic (exact) mass is 400 g/mol. The summed E-state index contributed by atoms with van der Waals surface area (Å²) in [6.07, 6.45) is 0.749. The molecule has 3 aromatic rings. The zero-order chi connectivity index (χ0) is 20.1. The van der Waals surface area contributed by atoms with Crippen molar-refractivity contribution < 1.29 is 14.3 Å². The third-order valence-electron chi connectivity index (χ3n) is 3.94. The lowest BCUT2D eigenvalue weighted by Gasteiger charge is -2.08. The molecule has 9 heteroatoms. The van der Waals surface area contributed by atoms with Crippen molar-refractivity contribution in [2.24, 2.45) is 0 Å². The Bertz CT molecular complexity index is 1040. The van der Waals surface area contributed by atoms with Crippen molar-refractivity contribution in [3.63, 3.8) is 0 Å². The molecular weight excluding hydrogens is 380 g/mol. The Morgan fingerprint density at radius 3 is 2.68 bits per heavy atom. The average molecular weight is 400 g/mol. The molecule has 0 radical (unpaired) electrons. The second-order valence-corrected chi connectivity index (χ2v) is 6.70. The summed E-state index contributed by atoms with van der Waals surface area (Å²) >= 11 is 1.30. The fraction of sp³-hybridized carbons (Fsp3) is 0.263. The van der Waals surface area contributed by atoms with Crippen LogP contribution in [0, 0.1) is 0 Å². The van der Waals surface area contributed by atoms with Gasteiger partial charge in [0.1, 0.15) is 5.69 Å². The lowest BCUT2D eigenvalue weighted by atomic mass is 10.1. The number of nitrogens with one attached hydrogen (secondary N) is 1. The number of anilines is 1. The molecule has 1 N–H and O–H groups in total. The van der Waals surface area contributed by atoms with E-state index in [2.05, 4.69) is 15.4 Å². The molecular formula is C19H20N4O4S. The first kappa shape index (κ1) is 19.6. The molecule has 0 saturated carbocycles. The molecule has 0 saturated heterocycles. The summed E-state index contributed by atoms with van der Waals surface area (Å²) in [7, 11) is 3.14. The molecule has 8 nitrogen and oxygen atoms in total. The summed E-state index contributed by atoms with van der Waals surface area (Å²) in [6.45, 7) is 2.40. The Kier molecular flexibility index (Phi) is 6.05. The largest absolute Gasteiger partial charge is 0.493 e. The predicted octanol–water partition coefficient (Wildman–Crippen LogP) is 3.05. The molecule has 0 aliphatic rings. The zero-order valence-corrected chi connectivity index (χ0v) is 16.6. The molecule has 28 heavy (non-hydrogen) atoms. The van der Waals surface area contributed by atoms with Crippen LogP contribution in [0.25, 0.3) is 11.3 Å². The highest BCUT2D eigenvalue weighted by Crippen LogP contribution is 2.33. The number of thiazole rings is 1. The Hall–Kier alpha value is -3.20. The minimum atomic E-state index is -0.418. The highest BCUT2D eigenvalue weighted by atomic mass is 32.1. The van der Waals surface area contributed by atoms with Gasteiger partial charge in [-0.05, 0) is 30.7 Å². The van der Waals surface area contributed by atoms with Gasteiger partial charge in [0.2, 0.25) is 0 Å². The third-order valence-corrected chi connectivity index (χ3v) is 4.70. The molecule has 0 atom stereocenters. The lowest BCUT2D eigenvalue weighted by molar-refractivity contribution is 0.101. The number of nitrogens with zero attached hydrogens (tertiary/aromatic N) is 3. The number of aromatic nitrogens is 3. The molecule has 0 fully saturated rings. The summed E-state index contributed by atoms with van der Waals surface area (Å²) in [4.78, 5) is 28.6. The van der Waals surface area contributed by atoms with Gasteiger partial charge in [0.15, 0.2) is 16.6 Å². The molecule has 2 aromatic heterocycles. The second-order valence-electron chi connectivity index (χ2n) is 5.84. The van der Waals surface area contributed by atoms with Crippen LogP contribution >= 0.6 is 11.3 Å². The van der Waals surface area contributed by atoms with E-state index in [9.17, 15) is 9.59 Å². The van der Waals surface area contributed by atoms with E-state index in [0.717, 1.165) is 12.0 Å². The van der Waals surface area contributed by atoms with E-state index in [1.165, 1.54) is 28.2 Å². The zero-order valence-electron chi connectivity index (χ0n) is 15.8. The third kappa shape index (κ3) is 4.20. The van der Waals surface area contributed by atoms with Crippen molar-refractivity contribution in [3.8, 4) is 22.8 Å². The van der Waals surface area contributed by atoms with Crippen LogP contribution in [-0.2, 0) is 6.54 Å².